The van der Waals surface area contributed by atoms with Crippen molar-refractivity contribution in [1.29, 1.82) is 0 Å². The van der Waals surface area contributed by atoms with Gasteiger partial charge in [0, 0.05) is 0 Å². The van der Waals surface area contributed by atoms with E-state index in [9.17, 15) is 4.79 Å². The maximum atomic E-state index is 11.8. The smallest absolute Gasteiger partial charge is 0.309 e. The first-order valence-electron chi connectivity index (χ1n) is 10.7. The van der Waals surface area contributed by atoms with Crippen molar-refractivity contribution in [2.45, 2.75) is 78.6 Å². The molecular weight excluding hydrogens is 332 g/mol. The van der Waals surface area contributed by atoms with Gasteiger partial charge < -0.3 is 4.74 Å². The highest BCUT2D eigenvalue weighted by Crippen LogP contribution is 2.14. The lowest BCUT2D eigenvalue weighted by atomic mass is 9.99. The van der Waals surface area contributed by atoms with Crippen LogP contribution in [-0.4, -0.2) is 12.6 Å². The first kappa shape index (κ1) is 25.2. The molecule has 0 amide bonds. The van der Waals surface area contributed by atoms with Crippen LogP contribution in [0.15, 0.2) is 60.8 Å². The van der Waals surface area contributed by atoms with Crippen molar-refractivity contribution < 1.29 is 9.53 Å². The molecule has 0 saturated carbocycles. The molecule has 2 nitrogen and oxygen atoms in total. The van der Waals surface area contributed by atoms with Gasteiger partial charge in [-0.05, 0) is 58.3 Å². The number of allylic oxidation sites excluding steroid dienone is 10. The molecule has 0 aliphatic carbocycles. The van der Waals surface area contributed by atoms with E-state index >= 15 is 0 Å². The Kier molecular flexibility index (Phi) is 19.1. The van der Waals surface area contributed by atoms with Crippen molar-refractivity contribution in [3.05, 3.63) is 60.8 Å². The number of esters is 1. The molecule has 152 valence electrons. The number of carbonyl (C=O) groups excluding carboxylic acids is 1. The number of hydrogen-bond acceptors (Lipinski definition) is 2. The second kappa shape index (κ2) is 20.5. The Morgan fingerprint density at radius 1 is 0.741 bits per heavy atom. The second-order valence-electron chi connectivity index (χ2n) is 6.52. The Morgan fingerprint density at radius 2 is 1.26 bits per heavy atom. The van der Waals surface area contributed by atoms with Crippen LogP contribution in [0, 0.1) is 5.92 Å². The minimum absolute atomic E-state index is 0.0172. The van der Waals surface area contributed by atoms with Crippen molar-refractivity contribution in [3.63, 3.8) is 0 Å². The van der Waals surface area contributed by atoms with Gasteiger partial charge in [-0.3, -0.25) is 4.79 Å². The fraction of sp³-hybridized carbons (Fsp3) is 0.560. The standard InChI is InChI=1S/C25H40O2/c1-4-7-8-9-10-11-12-13-14-15-16-17-18-19-20-21-23-24(22-5-2)25(26)27-6-3/h7-8,10-11,13-14,16-17,20-21,24H,4-6,9,12,15,18-19,22-23H2,1-3H3. The van der Waals surface area contributed by atoms with Gasteiger partial charge in [-0.2, -0.15) is 0 Å². The zero-order valence-corrected chi connectivity index (χ0v) is 17.7. The Labute approximate surface area is 167 Å². The molecule has 0 aliphatic rings. The van der Waals surface area contributed by atoms with Crippen molar-refractivity contribution >= 4 is 5.97 Å². The molecule has 0 aliphatic heterocycles. The molecule has 0 aromatic carbocycles. The summed E-state index contributed by atoms with van der Waals surface area (Å²) < 4.78 is 5.14. The Bertz CT molecular complexity index is 481. The SMILES string of the molecule is CCC=CCC=CCC=CCC=CCCC=CCC(CCC)C(=O)OCC. The molecule has 0 rings (SSSR count). The molecule has 0 saturated heterocycles. The van der Waals surface area contributed by atoms with Gasteiger partial charge in [-0.1, -0.05) is 81.0 Å². The summed E-state index contributed by atoms with van der Waals surface area (Å²) in [5, 5.41) is 0. The first-order chi connectivity index (χ1) is 13.3. The molecule has 0 fully saturated rings. The largest absolute Gasteiger partial charge is 0.466 e. The summed E-state index contributed by atoms with van der Waals surface area (Å²) in [5.74, 6) is -0.0356. The van der Waals surface area contributed by atoms with Crippen LogP contribution in [0.4, 0.5) is 0 Å². The highest BCUT2D eigenvalue weighted by Gasteiger charge is 2.16. The van der Waals surface area contributed by atoms with Crippen LogP contribution >= 0.6 is 0 Å². The van der Waals surface area contributed by atoms with E-state index in [0.29, 0.717) is 6.61 Å². The van der Waals surface area contributed by atoms with E-state index in [4.69, 9.17) is 4.74 Å². The van der Waals surface area contributed by atoms with Gasteiger partial charge in [0.15, 0.2) is 0 Å². The second-order valence-corrected chi connectivity index (χ2v) is 6.52. The van der Waals surface area contributed by atoms with Gasteiger partial charge in [-0.15, -0.1) is 0 Å². The van der Waals surface area contributed by atoms with Gasteiger partial charge in [0.05, 0.1) is 12.5 Å². The van der Waals surface area contributed by atoms with Gasteiger partial charge in [-0.25, -0.2) is 0 Å². The van der Waals surface area contributed by atoms with Crippen molar-refractivity contribution in [1.82, 2.24) is 0 Å². The lowest BCUT2D eigenvalue weighted by Crippen LogP contribution is -2.17. The molecule has 0 N–H and O–H groups in total. The van der Waals surface area contributed by atoms with Gasteiger partial charge in [0.2, 0.25) is 0 Å². The Hall–Kier alpha value is -1.83. The highest BCUT2D eigenvalue weighted by atomic mass is 16.5. The summed E-state index contributed by atoms with van der Waals surface area (Å²) in [6.45, 7) is 6.59. The molecule has 0 aromatic rings. The van der Waals surface area contributed by atoms with E-state index in [1.165, 1.54) is 0 Å². The molecule has 0 heterocycles. The summed E-state index contributed by atoms with van der Waals surface area (Å²) >= 11 is 0. The molecule has 0 aromatic heterocycles. The molecule has 0 radical (unpaired) electrons. The fourth-order valence-electron chi connectivity index (χ4n) is 2.61. The van der Waals surface area contributed by atoms with Crippen LogP contribution in [0.1, 0.15) is 78.6 Å². The summed E-state index contributed by atoms with van der Waals surface area (Å²) in [6.07, 6.45) is 31.0. The van der Waals surface area contributed by atoms with Crippen LogP contribution in [0.25, 0.3) is 0 Å². The van der Waals surface area contributed by atoms with E-state index in [1.54, 1.807) is 0 Å². The number of hydrogen-bond donors (Lipinski definition) is 0. The average Bonchev–Trinajstić information content (AvgIpc) is 2.67. The van der Waals surface area contributed by atoms with E-state index in [2.05, 4.69) is 74.6 Å². The van der Waals surface area contributed by atoms with E-state index < -0.39 is 0 Å². The summed E-state index contributed by atoms with van der Waals surface area (Å²) in [5.41, 5.74) is 0. The monoisotopic (exact) mass is 372 g/mol. The number of ether oxygens (including phenoxy) is 1. The topological polar surface area (TPSA) is 26.3 Å². The quantitative estimate of drug-likeness (QED) is 0.159. The minimum atomic E-state index is -0.0528. The van der Waals surface area contributed by atoms with E-state index in [0.717, 1.165) is 57.8 Å². The fourth-order valence-corrected chi connectivity index (χ4v) is 2.61. The van der Waals surface area contributed by atoms with Crippen LogP contribution in [0.5, 0.6) is 0 Å². The third kappa shape index (κ3) is 17.3. The molecule has 1 unspecified atom stereocenters. The zero-order chi connectivity index (χ0) is 20.0. The summed E-state index contributed by atoms with van der Waals surface area (Å²) in [6, 6.07) is 0. The third-order valence-electron chi connectivity index (χ3n) is 4.06. The maximum Gasteiger partial charge on any atom is 0.309 e. The number of carbonyl (C=O) groups is 1. The molecule has 0 bridgehead atoms. The lowest BCUT2D eigenvalue weighted by Gasteiger charge is -2.12. The Morgan fingerprint density at radius 3 is 1.78 bits per heavy atom. The molecule has 27 heavy (non-hydrogen) atoms. The van der Waals surface area contributed by atoms with Crippen molar-refractivity contribution in [2.75, 3.05) is 6.61 Å². The van der Waals surface area contributed by atoms with E-state index in [-0.39, 0.29) is 11.9 Å². The third-order valence-corrected chi connectivity index (χ3v) is 4.06. The normalized spacial score (nSPS) is 13.7. The number of unbranched alkanes of at least 4 members (excludes halogenated alkanes) is 1. The lowest BCUT2D eigenvalue weighted by molar-refractivity contribution is -0.148. The number of rotatable bonds is 16. The zero-order valence-electron chi connectivity index (χ0n) is 17.7. The molecule has 0 spiro atoms. The van der Waals surface area contributed by atoms with Crippen molar-refractivity contribution in [3.8, 4) is 0 Å². The summed E-state index contributed by atoms with van der Waals surface area (Å²) in [4.78, 5) is 11.8. The molecular formula is C25H40O2. The van der Waals surface area contributed by atoms with Gasteiger partial charge in [0.25, 0.3) is 0 Å². The first-order valence-corrected chi connectivity index (χ1v) is 10.7. The van der Waals surface area contributed by atoms with Crippen molar-refractivity contribution in [2.24, 2.45) is 5.92 Å². The maximum absolute atomic E-state index is 11.8. The minimum Gasteiger partial charge on any atom is -0.466 e. The van der Waals surface area contributed by atoms with E-state index in [1.807, 2.05) is 6.92 Å². The van der Waals surface area contributed by atoms with Crippen LogP contribution in [-0.2, 0) is 9.53 Å². The predicted molar refractivity (Wildman–Crippen MR) is 119 cm³/mol. The molecule has 2 heteroatoms. The van der Waals surface area contributed by atoms with Gasteiger partial charge >= 0.3 is 5.97 Å². The van der Waals surface area contributed by atoms with Crippen LogP contribution in [0.3, 0.4) is 0 Å². The highest BCUT2D eigenvalue weighted by molar-refractivity contribution is 5.72. The average molecular weight is 373 g/mol. The van der Waals surface area contributed by atoms with Crippen LogP contribution < -0.4 is 0 Å². The summed E-state index contributed by atoms with van der Waals surface area (Å²) in [7, 11) is 0. The van der Waals surface area contributed by atoms with Crippen LogP contribution in [0.2, 0.25) is 0 Å². The molecule has 1 atom stereocenters. The van der Waals surface area contributed by atoms with Gasteiger partial charge in [0.1, 0.15) is 0 Å². The Balaban J connectivity index is 3.78. The predicted octanol–water partition coefficient (Wildman–Crippen LogP) is 7.50.